The van der Waals surface area contributed by atoms with Crippen LogP contribution in [0, 0.1) is 18.7 Å². The first kappa shape index (κ1) is 23.6. The monoisotopic (exact) mass is 506 g/mol. The van der Waals surface area contributed by atoms with Crippen LogP contribution >= 0.6 is 0 Å². The fourth-order valence-corrected chi connectivity index (χ4v) is 5.31. The molecule has 37 heavy (non-hydrogen) atoms. The van der Waals surface area contributed by atoms with Crippen molar-refractivity contribution in [3.63, 3.8) is 0 Å². The Morgan fingerprint density at radius 3 is 2.59 bits per heavy atom. The first-order valence-corrected chi connectivity index (χ1v) is 12.3. The average molecular weight is 507 g/mol. The summed E-state index contributed by atoms with van der Waals surface area (Å²) in [4.78, 5) is 19.8. The highest BCUT2D eigenvalue weighted by molar-refractivity contribution is 6.04. The largest absolute Gasteiger partial charge is 0.377 e. The van der Waals surface area contributed by atoms with E-state index in [1.165, 1.54) is 6.07 Å². The molecule has 1 N–H and O–H groups in total. The Kier molecular flexibility index (Phi) is 5.34. The zero-order valence-corrected chi connectivity index (χ0v) is 21.1. The maximum absolute atomic E-state index is 15.0. The second-order valence-electron chi connectivity index (χ2n) is 10.8. The molecule has 6 rings (SSSR count). The van der Waals surface area contributed by atoms with E-state index in [2.05, 4.69) is 26.4 Å². The Morgan fingerprint density at radius 1 is 1.16 bits per heavy atom. The van der Waals surface area contributed by atoms with Crippen molar-refractivity contribution < 1.29 is 18.3 Å². The van der Waals surface area contributed by atoms with E-state index in [1.54, 1.807) is 33.0 Å². The van der Waals surface area contributed by atoms with Crippen molar-refractivity contribution in [1.82, 2.24) is 19.2 Å². The second-order valence-corrected chi connectivity index (χ2v) is 10.8. The Balaban J connectivity index is 1.37. The highest BCUT2D eigenvalue weighted by Gasteiger charge is 2.43. The summed E-state index contributed by atoms with van der Waals surface area (Å²) in [5, 5.41) is 6.54. The van der Waals surface area contributed by atoms with Crippen molar-refractivity contribution in [2.45, 2.75) is 51.7 Å². The number of morpholine rings is 1. The van der Waals surface area contributed by atoms with E-state index in [-0.39, 0.29) is 11.3 Å². The molecule has 1 amide bonds. The number of imidazole rings is 1. The van der Waals surface area contributed by atoms with Gasteiger partial charge in [-0.1, -0.05) is 0 Å². The molecule has 0 aliphatic carbocycles. The summed E-state index contributed by atoms with van der Waals surface area (Å²) in [5.74, 6) is -2.13. The lowest BCUT2D eigenvalue weighted by molar-refractivity contribution is 0.0104. The number of fused-ring (bicyclic) bond motifs is 3. The number of aryl methyl sites for hydroxylation is 1. The van der Waals surface area contributed by atoms with E-state index in [4.69, 9.17) is 4.74 Å². The summed E-state index contributed by atoms with van der Waals surface area (Å²) in [5.41, 5.74) is 3.24. The van der Waals surface area contributed by atoms with Crippen LogP contribution in [0.3, 0.4) is 0 Å². The van der Waals surface area contributed by atoms with Gasteiger partial charge in [0.1, 0.15) is 11.4 Å². The van der Waals surface area contributed by atoms with Crippen LogP contribution in [-0.4, -0.2) is 50.4 Å². The van der Waals surface area contributed by atoms with E-state index >= 15 is 0 Å². The van der Waals surface area contributed by atoms with Crippen LogP contribution in [-0.2, 0) is 10.3 Å². The minimum Gasteiger partial charge on any atom is -0.377 e. The van der Waals surface area contributed by atoms with Gasteiger partial charge in [-0.2, -0.15) is 9.49 Å². The lowest BCUT2D eigenvalue weighted by Crippen LogP contribution is -2.64. The number of carbonyl (C=O) groups is 1. The first-order chi connectivity index (χ1) is 17.6. The highest BCUT2D eigenvalue weighted by Crippen LogP contribution is 2.40. The third kappa shape index (κ3) is 3.87. The molecular formula is C27H28F2N6O2. The van der Waals surface area contributed by atoms with Crippen molar-refractivity contribution in [1.29, 1.82) is 0 Å². The summed E-state index contributed by atoms with van der Waals surface area (Å²) >= 11 is 0. The van der Waals surface area contributed by atoms with Gasteiger partial charge >= 0.3 is 0 Å². The molecule has 2 atom stereocenters. The summed E-state index contributed by atoms with van der Waals surface area (Å²) in [7, 11) is 0. The molecule has 2 saturated heterocycles. The molecule has 3 aromatic heterocycles. The summed E-state index contributed by atoms with van der Waals surface area (Å²) in [6, 6.07) is 5.65. The minimum atomic E-state index is -0.767. The van der Waals surface area contributed by atoms with Gasteiger partial charge in [0.2, 0.25) is 5.95 Å². The van der Waals surface area contributed by atoms with Gasteiger partial charge in [0.05, 0.1) is 48.4 Å². The Bertz CT molecular complexity index is 1520. The zero-order valence-electron chi connectivity index (χ0n) is 21.1. The molecule has 2 fully saturated rings. The second kappa shape index (κ2) is 8.37. The van der Waals surface area contributed by atoms with Crippen molar-refractivity contribution in [2.24, 2.45) is 0 Å². The number of nitrogens with zero attached hydrogens (tertiary/aromatic N) is 5. The molecule has 0 spiro atoms. The van der Waals surface area contributed by atoms with E-state index in [0.29, 0.717) is 30.9 Å². The van der Waals surface area contributed by atoms with Crippen molar-refractivity contribution in [2.75, 3.05) is 23.4 Å². The van der Waals surface area contributed by atoms with E-state index in [9.17, 15) is 13.6 Å². The zero-order chi connectivity index (χ0) is 26.1. The SMILES string of the molecule is Cc1cc(F)c(NC(=O)c2cnn(C(C)(C)C)c2F)cc1-c1cc(N2C3COCC2C3)c2nccn2c1. The molecule has 2 bridgehead atoms. The van der Waals surface area contributed by atoms with Gasteiger partial charge in [-0.15, -0.1) is 0 Å². The first-order valence-electron chi connectivity index (χ1n) is 12.3. The fourth-order valence-electron chi connectivity index (χ4n) is 5.31. The smallest absolute Gasteiger partial charge is 0.262 e. The molecule has 0 saturated carbocycles. The number of aromatic nitrogens is 4. The van der Waals surface area contributed by atoms with Crippen molar-refractivity contribution >= 4 is 22.9 Å². The number of benzene rings is 1. The number of amides is 1. The predicted molar refractivity (Wildman–Crippen MR) is 136 cm³/mol. The number of rotatable bonds is 4. The van der Waals surface area contributed by atoms with E-state index in [1.807, 2.05) is 23.7 Å². The third-order valence-corrected chi connectivity index (χ3v) is 7.16. The van der Waals surface area contributed by atoms with Crippen LogP contribution in [0.25, 0.3) is 16.8 Å². The molecule has 192 valence electrons. The van der Waals surface area contributed by atoms with Gasteiger partial charge in [0.25, 0.3) is 5.91 Å². The van der Waals surface area contributed by atoms with Gasteiger partial charge in [-0.05, 0) is 63.4 Å². The summed E-state index contributed by atoms with van der Waals surface area (Å²) < 4.78 is 38.6. The van der Waals surface area contributed by atoms with Crippen LogP contribution in [0.1, 0.15) is 43.1 Å². The topological polar surface area (TPSA) is 76.7 Å². The number of anilines is 2. The van der Waals surface area contributed by atoms with Crippen LogP contribution < -0.4 is 10.2 Å². The van der Waals surface area contributed by atoms with Gasteiger partial charge in [0.15, 0.2) is 5.65 Å². The van der Waals surface area contributed by atoms with Crippen molar-refractivity contribution in [3.05, 3.63) is 65.9 Å². The normalized spacial score (nSPS) is 19.2. The number of pyridine rings is 1. The number of carbonyl (C=O) groups excluding carboxylic acids is 1. The highest BCUT2D eigenvalue weighted by atomic mass is 19.1. The molecule has 8 nitrogen and oxygen atoms in total. The minimum absolute atomic E-state index is 0.0324. The Morgan fingerprint density at radius 2 is 1.92 bits per heavy atom. The summed E-state index contributed by atoms with van der Waals surface area (Å²) in [6.07, 6.45) is 7.83. The van der Waals surface area contributed by atoms with Gasteiger partial charge in [-0.3, -0.25) is 4.79 Å². The lowest BCUT2D eigenvalue weighted by Gasteiger charge is -2.53. The van der Waals surface area contributed by atoms with Crippen molar-refractivity contribution in [3.8, 4) is 11.1 Å². The number of hydrogen-bond acceptors (Lipinski definition) is 5. The molecule has 0 radical (unpaired) electrons. The maximum Gasteiger partial charge on any atom is 0.262 e. The van der Waals surface area contributed by atoms with Gasteiger partial charge in [-0.25, -0.2) is 14.1 Å². The predicted octanol–water partition coefficient (Wildman–Crippen LogP) is 4.77. The standard InChI is InChI=1S/C27H28F2N6O2/c1-15-7-21(28)22(32-26(36)20-11-31-35(24(20)29)27(2,3)4)10-19(15)16-8-23(25-30-5-6-33(25)12-16)34-17-9-18(34)14-37-13-17/h5-8,10-12,17-18H,9,13-14H2,1-4H3,(H,32,36). The molecule has 1 aromatic carbocycles. The van der Waals surface area contributed by atoms with Crippen LogP contribution in [0.15, 0.2) is 43.0 Å². The van der Waals surface area contributed by atoms with Gasteiger partial charge in [0, 0.05) is 24.2 Å². The molecular weight excluding hydrogens is 478 g/mol. The Hall–Kier alpha value is -3.79. The van der Waals surface area contributed by atoms with Crippen LogP contribution in [0.4, 0.5) is 20.2 Å². The molecule has 2 unspecified atom stereocenters. The molecule has 5 heterocycles. The van der Waals surface area contributed by atoms with E-state index < -0.39 is 23.2 Å². The number of ether oxygens (including phenoxy) is 1. The number of halogens is 2. The molecule has 4 aromatic rings. The molecule has 2 aliphatic rings. The number of nitrogens with one attached hydrogen (secondary N) is 1. The summed E-state index contributed by atoms with van der Waals surface area (Å²) in [6.45, 7) is 8.53. The fraction of sp³-hybridized carbons (Fsp3) is 0.370. The van der Waals surface area contributed by atoms with Crippen LogP contribution in [0.2, 0.25) is 0 Å². The lowest BCUT2D eigenvalue weighted by atomic mass is 9.90. The Labute approximate surface area is 212 Å². The third-order valence-electron chi connectivity index (χ3n) is 7.16. The maximum atomic E-state index is 15.0. The quantitative estimate of drug-likeness (QED) is 0.432. The van der Waals surface area contributed by atoms with E-state index in [0.717, 1.165) is 39.8 Å². The molecule has 2 aliphatic heterocycles. The molecule has 10 heteroatoms. The number of hydrogen-bond donors (Lipinski definition) is 1. The van der Waals surface area contributed by atoms with Crippen LogP contribution in [0.5, 0.6) is 0 Å². The van der Waals surface area contributed by atoms with Gasteiger partial charge < -0.3 is 19.4 Å². The average Bonchev–Trinajstić information content (AvgIpc) is 3.47.